The first-order chi connectivity index (χ1) is 18.1. The molecule has 7 nitrogen and oxygen atoms in total. The van der Waals surface area contributed by atoms with Crippen LogP contribution >= 0.6 is 0 Å². The predicted molar refractivity (Wildman–Crippen MR) is 143 cm³/mol. The molecule has 5 rings (SSSR count). The van der Waals surface area contributed by atoms with Crippen LogP contribution in [0.25, 0.3) is 0 Å². The molecule has 4 aliphatic rings. The van der Waals surface area contributed by atoms with Gasteiger partial charge in [-0.1, -0.05) is 81.7 Å². The third kappa shape index (κ3) is 6.90. The van der Waals surface area contributed by atoms with E-state index in [0.29, 0.717) is 19.5 Å². The topological polar surface area (TPSA) is 77.7 Å². The summed E-state index contributed by atoms with van der Waals surface area (Å²) in [7, 11) is 0. The predicted octanol–water partition coefficient (Wildman–Crippen LogP) is 3.61. The lowest BCUT2D eigenvalue weighted by molar-refractivity contribution is -0.125. The van der Waals surface area contributed by atoms with Crippen molar-refractivity contribution in [1.29, 1.82) is 0 Å². The summed E-state index contributed by atoms with van der Waals surface area (Å²) in [4.78, 5) is 19.2. The van der Waals surface area contributed by atoms with Crippen LogP contribution < -0.4 is 21.5 Å². The highest BCUT2D eigenvalue weighted by atomic mass is 19.1. The maximum Gasteiger partial charge on any atom is 0.239 e. The van der Waals surface area contributed by atoms with Gasteiger partial charge in [0.25, 0.3) is 0 Å². The molecule has 1 amide bonds. The average molecular weight is 516 g/mol. The van der Waals surface area contributed by atoms with Gasteiger partial charge in [0.15, 0.2) is 0 Å². The normalized spacial score (nSPS) is 33.7. The van der Waals surface area contributed by atoms with Crippen molar-refractivity contribution in [3.63, 3.8) is 0 Å². The summed E-state index contributed by atoms with van der Waals surface area (Å²) in [5.74, 6) is -0.217. The molecule has 1 saturated carbocycles. The Morgan fingerprint density at radius 1 is 1.03 bits per heavy atom. The molecule has 5 atom stereocenters. The highest BCUT2D eigenvalue weighted by Gasteiger charge is 2.52. The zero-order chi connectivity index (χ0) is 25.5. The Morgan fingerprint density at radius 2 is 1.73 bits per heavy atom. The molecular formula is C29H46FN5O2. The second kappa shape index (κ2) is 13.0. The molecule has 0 aromatic heterocycles. The fourth-order valence-corrected chi connectivity index (χ4v) is 7.20. The van der Waals surface area contributed by atoms with Crippen molar-refractivity contribution in [2.45, 2.75) is 102 Å². The van der Waals surface area contributed by atoms with E-state index < -0.39 is 12.2 Å². The fourth-order valence-electron chi connectivity index (χ4n) is 7.20. The number of piperidine rings is 1. The van der Waals surface area contributed by atoms with E-state index in [1.165, 1.54) is 44.1 Å². The van der Waals surface area contributed by atoms with Crippen molar-refractivity contribution >= 4 is 5.91 Å². The van der Waals surface area contributed by atoms with Crippen LogP contribution in [0.3, 0.4) is 0 Å². The Balaban J connectivity index is 1.17. The van der Waals surface area contributed by atoms with E-state index in [9.17, 15) is 4.79 Å². The molecule has 3 saturated heterocycles. The van der Waals surface area contributed by atoms with E-state index in [-0.39, 0.29) is 29.4 Å². The molecule has 1 spiro atoms. The van der Waals surface area contributed by atoms with Gasteiger partial charge in [-0.25, -0.2) is 9.40 Å². The Bertz CT molecular complexity index is 846. The molecule has 37 heavy (non-hydrogen) atoms. The van der Waals surface area contributed by atoms with Gasteiger partial charge in [-0.15, -0.1) is 0 Å². The van der Waals surface area contributed by atoms with E-state index in [2.05, 4.69) is 38.7 Å². The van der Waals surface area contributed by atoms with Crippen molar-refractivity contribution < 1.29 is 14.0 Å². The monoisotopic (exact) mass is 515 g/mol. The number of nitrogens with one attached hydrogen (secondary N) is 4. The Labute approximate surface area is 221 Å². The lowest BCUT2D eigenvalue weighted by Crippen LogP contribution is -2.57. The van der Waals surface area contributed by atoms with Gasteiger partial charge in [-0.3, -0.25) is 15.1 Å². The number of amides is 1. The second-order valence-corrected chi connectivity index (χ2v) is 11.9. The summed E-state index contributed by atoms with van der Waals surface area (Å²) in [6.07, 6.45) is 11.4. The van der Waals surface area contributed by atoms with Gasteiger partial charge >= 0.3 is 0 Å². The minimum absolute atomic E-state index is 0.0402. The lowest BCUT2D eigenvalue weighted by Gasteiger charge is -2.48. The lowest BCUT2D eigenvalue weighted by atomic mass is 9.62. The van der Waals surface area contributed by atoms with Crippen molar-refractivity contribution in [3.8, 4) is 0 Å². The van der Waals surface area contributed by atoms with Crippen molar-refractivity contribution in [3.05, 3.63) is 35.9 Å². The fraction of sp³-hybridized carbons (Fsp3) is 0.759. The summed E-state index contributed by atoms with van der Waals surface area (Å²) in [6, 6.07) is 9.93. The zero-order valence-electron chi connectivity index (χ0n) is 22.2. The number of rotatable bonds is 5. The van der Waals surface area contributed by atoms with Gasteiger partial charge in [0.2, 0.25) is 5.91 Å². The number of hydrogen-bond donors (Lipinski definition) is 4. The summed E-state index contributed by atoms with van der Waals surface area (Å²) in [5.41, 5.74) is 7.54. The van der Waals surface area contributed by atoms with E-state index in [1.54, 1.807) is 0 Å². The molecule has 1 aliphatic carbocycles. The van der Waals surface area contributed by atoms with Crippen LogP contribution in [0.15, 0.2) is 30.3 Å². The SMILES string of the molecule is O=C(NC1CNN(Cc2ccccc2)C1)C1CC(C2C(F)CNCC23CCCCCCCCCC3)ON1. The Hall–Kier alpha value is -1.58. The van der Waals surface area contributed by atoms with Gasteiger partial charge in [-0.2, -0.15) is 5.48 Å². The smallest absolute Gasteiger partial charge is 0.239 e. The number of carbonyl (C=O) groups is 1. The molecule has 206 valence electrons. The van der Waals surface area contributed by atoms with Crippen molar-refractivity contribution in [1.82, 2.24) is 26.5 Å². The molecule has 4 N–H and O–H groups in total. The van der Waals surface area contributed by atoms with Gasteiger partial charge < -0.3 is 10.6 Å². The third-order valence-corrected chi connectivity index (χ3v) is 9.12. The number of carbonyl (C=O) groups excluding carboxylic acids is 1. The number of hydrogen-bond acceptors (Lipinski definition) is 6. The van der Waals surface area contributed by atoms with Crippen LogP contribution in [0.4, 0.5) is 4.39 Å². The largest absolute Gasteiger partial charge is 0.349 e. The molecule has 3 heterocycles. The Kier molecular flexibility index (Phi) is 9.47. The summed E-state index contributed by atoms with van der Waals surface area (Å²) < 4.78 is 15.6. The first kappa shape index (κ1) is 27.0. The molecular weight excluding hydrogens is 469 g/mol. The van der Waals surface area contributed by atoms with E-state index >= 15 is 4.39 Å². The van der Waals surface area contributed by atoms with Gasteiger partial charge in [0.05, 0.1) is 12.1 Å². The van der Waals surface area contributed by atoms with Crippen molar-refractivity contribution in [2.24, 2.45) is 11.3 Å². The number of hydroxylamine groups is 1. The minimum Gasteiger partial charge on any atom is -0.349 e. The van der Waals surface area contributed by atoms with Gasteiger partial charge in [0.1, 0.15) is 12.2 Å². The quantitative estimate of drug-likeness (QED) is 0.480. The minimum atomic E-state index is -0.946. The molecule has 4 fully saturated rings. The molecule has 8 heteroatoms. The van der Waals surface area contributed by atoms with Gasteiger partial charge in [-0.05, 0) is 23.8 Å². The van der Waals surface area contributed by atoms with Crippen LogP contribution in [-0.2, 0) is 16.2 Å². The number of hydrazine groups is 1. The van der Waals surface area contributed by atoms with E-state index in [0.717, 1.165) is 45.3 Å². The summed E-state index contributed by atoms with van der Waals surface area (Å²) in [6.45, 7) is 3.50. The first-order valence-electron chi connectivity index (χ1n) is 14.7. The maximum absolute atomic E-state index is 15.6. The summed E-state index contributed by atoms with van der Waals surface area (Å²) >= 11 is 0. The molecule has 3 aliphatic heterocycles. The molecule has 1 aromatic rings. The number of benzene rings is 1. The Morgan fingerprint density at radius 3 is 2.46 bits per heavy atom. The molecule has 0 radical (unpaired) electrons. The number of nitrogens with zero attached hydrogens (tertiary/aromatic N) is 1. The zero-order valence-corrected chi connectivity index (χ0v) is 22.2. The third-order valence-electron chi connectivity index (χ3n) is 9.12. The number of halogens is 1. The van der Waals surface area contributed by atoms with Crippen LogP contribution in [0.2, 0.25) is 0 Å². The molecule has 5 unspecified atom stereocenters. The standard InChI is InChI=1S/C29H46FN5O2/c30-24-18-31-21-29(14-10-5-3-1-2-4-6-11-15-29)27(24)26-16-25(34-37-26)28(36)33-23-17-32-35(20-23)19-22-12-8-7-9-13-22/h7-9,12-13,23-27,31-32,34H,1-6,10-11,14-21H2,(H,33,36). The highest BCUT2D eigenvalue weighted by molar-refractivity contribution is 5.82. The molecule has 0 bridgehead atoms. The first-order valence-corrected chi connectivity index (χ1v) is 14.7. The summed E-state index contributed by atoms with van der Waals surface area (Å²) in [5, 5.41) is 8.75. The van der Waals surface area contributed by atoms with Crippen LogP contribution in [-0.4, -0.2) is 61.5 Å². The molecule has 1 aromatic carbocycles. The highest BCUT2D eigenvalue weighted by Crippen LogP contribution is 2.47. The van der Waals surface area contributed by atoms with E-state index in [4.69, 9.17) is 4.84 Å². The van der Waals surface area contributed by atoms with Crippen LogP contribution in [0, 0.1) is 11.3 Å². The maximum atomic E-state index is 15.6. The van der Waals surface area contributed by atoms with Gasteiger partial charge in [0, 0.05) is 45.1 Å². The average Bonchev–Trinajstić information content (AvgIpc) is 3.54. The van der Waals surface area contributed by atoms with Crippen molar-refractivity contribution in [2.75, 3.05) is 26.2 Å². The van der Waals surface area contributed by atoms with E-state index in [1.807, 2.05) is 18.2 Å². The number of alkyl halides is 1. The van der Waals surface area contributed by atoms with Crippen LogP contribution in [0.5, 0.6) is 0 Å². The van der Waals surface area contributed by atoms with Crippen LogP contribution in [0.1, 0.15) is 76.2 Å². The second-order valence-electron chi connectivity index (χ2n) is 11.9.